The summed E-state index contributed by atoms with van der Waals surface area (Å²) >= 11 is 5.95. The van der Waals surface area contributed by atoms with Crippen LogP contribution in [-0.2, 0) is 16.0 Å². The number of rotatable bonds is 9. The third-order valence-electron chi connectivity index (χ3n) is 5.86. The highest BCUT2D eigenvalue weighted by Crippen LogP contribution is 2.18. The molecule has 198 valence electrons. The zero-order valence-electron chi connectivity index (χ0n) is 22.3. The molecule has 1 fully saturated rings. The molecule has 1 aliphatic rings. The van der Waals surface area contributed by atoms with Gasteiger partial charge in [-0.1, -0.05) is 23.7 Å². The Bertz CT molecular complexity index is 927. The summed E-state index contributed by atoms with van der Waals surface area (Å²) < 4.78 is 5.58. The van der Waals surface area contributed by atoms with Gasteiger partial charge in [0.05, 0.1) is 12.7 Å². The molecule has 1 saturated heterocycles. The van der Waals surface area contributed by atoms with Gasteiger partial charge in [0.25, 0.3) is 5.91 Å². The van der Waals surface area contributed by atoms with Crippen LogP contribution in [0.2, 0.25) is 5.02 Å². The Morgan fingerprint density at radius 3 is 2.11 bits per heavy atom. The molecule has 7 nitrogen and oxygen atoms in total. The molecule has 2 aromatic rings. The second-order valence-electron chi connectivity index (χ2n) is 9.15. The largest absolute Gasteiger partial charge is 0.377 e. The highest BCUT2D eigenvalue weighted by Gasteiger charge is 2.22. The fourth-order valence-corrected chi connectivity index (χ4v) is 4.05. The van der Waals surface area contributed by atoms with Gasteiger partial charge in [0, 0.05) is 62.5 Å². The molecule has 0 aliphatic carbocycles. The summed E-state index contributed by atoms with van der Waals surface area (Å²) in [5.74, 6) is -0.00688. The van der Waals surface area contributed by atoms with E-state index in [9.17, 15) is 9.59 Å². The number of carbonyl (C=O) groups excluding carboxylic acids is 2. The zero-order valence-corrected chi connectivity index (χ0v) is 23.1. The van der Waals surface area contributed by atoms with E-state index < -0.39 is 0 Å². The summed E-state index contributed by atoms with van der Waals surface area (Å²) in [6.45, 7) is 10.6. The van der Waals surface area contributed by atoms with Gasteiger partial charge in [-0.05, 0) is 76.3 Å². The SMILES string of the molecule is CC(=O)N(CCOC(C)C)c1ccc(C(=O)N2CCN(CCc3ccc(Cl)cc3)CC2)cc1.CNC. The molecule has 1 heterocycles. The van der Waals surface area contributed by atoms with Crippen LogP contribution in [0.15, 0.2) is 48.5 Å². The molecule has 0 aromatic heterocycles. The van der Waals surface area contributed by atoms with Crippen molar-refractivity contribution in [2.45, 2.75) is 33.3 Å². The number of benzene rings is 2. The highest BCUT2D eigenvalue weighted by atomic mass is 35.5. The van der Waals surface area contributed by atoms with Gasteiger partial charge < -0.3 is 19.9 Å². The predicted octanol–water partition coefficient (Wildman–Crippen LogP) is 3.95. The fraction of sp³-hybridized carbons (Fsp3) is 0.500. The van der Waals surface area contributed by atoms with Crippen molar-refractivity contribution < 1.29 is 14.3 Å². The van der Waals surface area contributed by atoms with E-state index in [-0.39, 0.29) is 17.9 Å². The number of hydrogen-bond acceptors (Lipinski definition) is 5. The minimum Gasteiger partial charge on any atom is -0.377 e. The highest BCUT2D eigenvalue weighted by molar-refractivity contribution is 6.30. The molecule has 3 rings (SSSR count). The molecule has 2 aromatic carbocycles. The Balaban J connectivity index is 0.00000145. The van der Waals surface area contributed by atoms with E-state index in [1.165, 1.54) is 5.56 Å². The molecule has 0 spiro atoms. The maximum Gasteiger partial charge on any atom is 0.253 e. The number of anilines is 1. The first-order valence-electron chi connectivity index (χ1n) is 12.6. The number of carbonyl (C=O) groups is 2. The summed E-state index contributed by atoms with van der Waals surface area (Å²) in [6.07, 6.45) is 1.10. The Kier molecular flexibility index (Phi) is 12.9. The lowest BCUT2D eigenvalue weighted by Gasteiger charge is -2.35. The zero-order chi connectivity index (χ0) is 26.5. The second kappa shape index (κ2) is 15.6. The Hall–Kier alpha value is -2.45. The van der Waals surface area contributed by atoms with Crippen molar-refractivity contribution in [2.24, 2.45) is 0 Å². The molecule has 1 N–H and O–H groups in total. The molecule has 2 amide bonds. The fourth-order valence-electron chi connectivity index (χ4n) is 3.93. The van der Waals surface area contributed by atoms with Gasteiger partial charge in [0.1, 0.15) is 0 Å². The molecule has 1 aliphatic heterocycles. The van der Waals surface area contributed by atoms with Gasteiger partial charge >= 0.3 is 0 Å². The molecule has 0 saturated carbocycles. The van der Waals surface area contributed by atoms with Gasteiger partial charge in [-0.25, -0.2) is 0 Å². The first-order chi connectivity index (χ1) is 17.2. The van der Waals surface area contributed by atoms with E-state index in [1.807, 2.05) is 69.2 Å². The van der Waals surface area contributed by atoms with Crippen molar-refractivity contribution >= 4 is 29.1 Å². The van der Waals surface area contributed by atoms with Crippen LogP contribution in [0.1, 0.15) is 36.7 Å². The predicted molar refractivity (Wildman–Crippen MR) is 148 cm³/mol. The lowest BCUT2D eigenvalue weighted by Crippen LogP contribution is -2.49. The topological polar surface area (TPSA) is 65.1 Å². The Morgan fingerprint density at radius 2 is 1.58 bits per heavy atom. The maximum atomic E-state index is 13.0. The van der Waals surface area contributed by atoms with Crippen LogP contribution >= 0.6 is 11.6 Å². The summed E-state index contributed by atoms with van der Waals surface area (Å²) in [5.41, 5.74) is 2.70. The van der Waals surface area contributed by atoms with Gasteiger partial charge in [-0.2, -0.15) is 0 Å². The number of piperazine rings is 1. The maximum absolute atomic E-state index is 13.0. The van der Waals surface area contributed by atoms with Crippen LogP contribution < -0.4 is 10.2 Å². The van der Waals surface area contributed by atoms with Gasteiger partial charge in [-0.15, -0.1) is 0 Å². The van der Waals surface area contributed by atoms with E-state index >= 15 is 0 Å². The van der Waals surface area contributed by atoms with Crippen molar-refractivity contribution in [3.63, 3.8) is 0 Å². The first kappa shape index (κ1) is 29.8. The third-order valence-corrected chi connectivity index (χ3v) is 6.11. The molecular formula is C28H41ClN4O3. The minimum absolute atomic E-state index is 0.0383. The molecule has 0 unspecified atom stereocenters. The molecule has 8 heteroatoms. The van der Waals surface area contributed by atoms with Crippen molar-refractivity contribution in [3.05, 3.63) is 64.7 Å². The minimum atomic E-state index is -0.0452. The smallest absolute Gasteiger partial charge is 0.253 e. The quantitative estimate of drug-likeness (QED) is 0.546. The number of nitrogens with zero attached hydrogens (tertiary/aromatic N) is 3. The molecule has 0 bridgehead atoms. The standard InChI is InChI=1S/C26H34ClN3O3.C2H7N/c1-20(2)33-19-18-30(21(3)31)25-10-6-23(7-11-25)26(32)29-16-14-28(15-17-29)13-12-22-4-8-24(27)9-5-22;1-3-2/h4-11,20H,12-19H2,1-3H3;3H,1-2H3. The van der Waals surface area contributed by atoms with Crippen molar-refractivity contribution in [1.29, 1.82) is 0 Å². The van der Waals surface area contributed by atoms with E-state index in [2.05, 4.69) is 22.3 Å². The third kappa shape index (κ3) is 9.90. The lowest BCUT2D eigenvalue weighted by atomic mass is 10.1. The van der Waals surface area contributed by atoms with Gasteiger partial charge in [0.2, 0.25) is 5.91 Å². The monoisotopic (exact) mass is 516 g/mol. The van der Waals surface area contributed by atoms with Gasteiger partial charge in [0.15, 0.2) is 0 Å². The van der Waals surface area contributed by atoms with Gasteiger partial charge in [-0.3, -0.25) is 14.5 Å². The normalized spacial score (nSPS) is 13.8. The van der Waals surface area contributed by atoms with Crippen LogP contribution in [-0.4, -0.2) is 87.7 Å². The average Bonchev–Trinajstić information content (AvgIpc) is 2.86. The number of hydrogen-bond donors (Lipinski definition) is 1. The number of ether oxygens (including phenoxy) is 1. The average molecular weight is 517 g/mol. The van der Waals surface area contributed by atoms with Crippen LogP contribution in [0.5, 0.6) is 0 Å². The molecule has 0 atom stereocenters. The number of halogens is 1. The summed E-state index contributed by atoms with van der Waals surface area (Å²) in [6, 6.07) is 15.3. The summed E-state index contributed by atoms with van der Waals surface area (Å²) in [4.78, 5) is 31.0. The van der Waals surface area contributed by atoms with E-state index in [0.29, 0.717) is 31.8 Å². The number of amides is 2. The molecule has 36 heavy (non-hydrogen) atoms. The lowest BCUT2D eigenvalue weighted by molar-refractivity contribution is -0.116. The Morgan fingerprint density at radius 1 is 1.00 bits per heavy atom. The van der Waals surface area contributed by atoms with E-state index in [0.717, 1.165) is 36.8 Å². The Labute approximate surface area is 221 Å². The second-order valence-corrected chi connectivity index (χ2v) is 9.58. The van der Waals surface area contributed by atoms with Crippen LogP contribution in [0.3, 0.4) is 0 Å². The first-order valence-corrected chi connectivity index (χ1v) is 13.0. The summed E-state index contributed by atoms with van der Waals surface area (Å²) in [7, 11) is 3.75. The van der Waals surface area contributed by atoms with Crippen molar-refractivity contribution in [1.82, 2.24) is 15.1 Å². The van der Waals surface area contributed by atoms with E-state index in [1.54, 1.807) is 11.8 Å². The number of nitrogens with one attached hydrogen (secondary N) is 1. The van der Waals surface area contributed by atoms with Crippen molar-refractivity contribution in [2.75, 3.05) is 64.9 Å². The molecular weight excluding hydrogens is 476 g/mol. The molecule has 0 radical (unpaired) electrons. The summed E-state index contributed by atoms with van der Waals surface area (Å²) in [5, 5.41) is 3.51. The van der Waals surface area contributed by atoms with Crippen LogP contribution in [0, 0.1) is 0 Å². The van der Waals surface area contributed by atoms with Crippen molar-refractivity contribution in [3.8, 4) is 0 Å². The van der Waals surface area contributed by atoms with Crippen LogP contribution in [0.25, 0.3) is 0 Å². The van der Waals surface area contributed by atoms with Crippen LogP contribution in [0.4, 0.5) is 5.69 Å². The van der Waals surface area contributed by atoms with E-state index in [4.69, 9.17) is 16.3 Å².